The molecule has 100 valence electrons. The number of thiazole rings is 1. The van der Waals surface area contributed by atoms with Gasteiger partial charge in [-0.1, -0.05) is 42.5 Å². The number of aromatic nitrogens is 1. The summed E-state index contributed by atoms with van der Waals surface area (Å²) in [5, 5.41) is 1.05. The maximum atomic E-state index is 5.45. The number of benzene rings is 2. The smallest absolute Gasteiger partial charge is 0.127 e. The summed E-state index contributed by atoms with van der Waals surface area (Å²) >= 11 is 1.70. The van der Waals surface area contributed by atoms with Crippen molar-refractivity contribution < 1.29 is 4.74 Å². The Morgan fingerprint density at radius 1 is 0.950 bits per heavy atom. The topological polar surface area (TPSA) is 22.1 Å². The predicted molar refractivity (Wildman–Crippen MR) is 84.3 cm³/mol. The number of rotatable bonds is 3. The summed E-state index contributed by atoms with van der Waals surface area (Å²) in [5.41, 5.74) is 3.30. The highest BCUT2D eigenvalue weighted by atomic mass is 32.1. The molecule has 0 aliphatic heterocycles. The molecule has 2 aromatic carbocycles. The monoisotopic (exact) mass is 281 g/mol. The Balaban J connectivity index is 2.10. The van der Waals surface area contributed by atoms with E-state index in [1.807, 2.05) is 43.3 Å². The van der Waals surface area contributed by atoms with Gasteiger partial charge in [0.05, 0.1) is 17.7 Å². The Labute approximate surface area is 122 Å². The van der Waals surface area contributed by atoms with E-state index in [4.69, 9.17) is 9.72 Å². The number of nitrogens with zero attached hydrogens (tertiary/aromatic N) is 1. The Hall–Kier alpha value is -2.13. The van der Waals surface area contributed by atoms with Crippen LogP contribution in [0, 0.1) is 6.92 Å². The van der Waals surface area contributed by atoms with E-state index < -0.39 is 0 Å². The third-order valence-corrected chi connectivity index (χ3v) is 4.41. The zero-order valence-electron chi connectivity index (χ0n) is 11.5. The van der Waals surface area contributed by atoms with Crippen molar-refractivity contribution >= 4 is 11.3 Å². The third-order valence-electron chi connectivity index (χ3n) is 3.17. The lowest BCUT2D eigenvalue weighted by Crippen LogP contribution is -1.86. The van der Waals surface area contributed by atoms with Crippen molar-refractivity contribution in [1.29, 1.82) is 0 Å². The van der Waals surface area contributed by atoms with E-state index >= 15 is 0 Å². The highest BCUT2D eigenvalue weighted by Gasteiger charge is 2.14. The highest BCUT2D eigenvalue weighted by Crippen LogP contribution is 2.39. The second-order valence-electron chi connectivity index (χ2n) is 4.50. The highest BCUT2D eigenvalue weighted by molar-refractivity contribution is 7.18. The van der Waals surface area contributed by atoms with Crippen molar-refractivity contribution in [2.45, 2.75) is 6.92 Å². The number of methoxy groups -OCH3 is 1. The first-order valence-electron chi connectivity index (χ1n) is 6.46. The molecule has 0 aliphatic rings. The van der Waals surface area contributed by atoms with Crippen LogP contribution in [0.3, 0.4) is 0 Å². The summed E-state index contributed by atoms with van der Waals surface area (Å²) in [6.45, 7) is 2.05. The normalized spacial score (nSPS) is 10.5. The molecule has 0 saturated carbocycles. The van der Waals surface area contributed by atoms with Crippen molar-refractivity contribution in [2.24, 2.45) is 0 Å². The molecule has 3 rings (SSSR count). The molecule has 1 aromatic heterocycles. The Kier molecular flexibility index (Phi) is 3.52. The minimum absolute atomic E-state index is 0.888. The van der Waals surface area contributed by atoms with Crippen molar-refractivity contribution in [1.82, 2.24) is 4.98 Å². The van der Waals surface area contributed by atoms with E-state index in [0.29, 0.717) is 0 Å². The van der Waals surface area contributed by atoms with Gasteiger partial charge in [-0.2, -0.15) is 0 Å². The average Bonchev–Trinajstić information content (AvgIpc) is 2.90. The molecule has 2 nitrogen and oxygen atoms in total. The molecule has 3 aromatic rings. The summed E-state index contributed by atoms with van der Waals surface area (Å²) < 4.78 is 5.45. The van der Waals surface area contributed by atoms with Gasteiger partial charge in [-0.15, -0.1) is 11.3 Å². The predicted octanol–water partition coefficient (Wildman–Crippen LogP) is 4.79. The van der Waals surface area contributed by atoms with Crippen molar-refractivity contribution in [2.75, 3.05) is 7.11 Å². The SMILES string of the molecule is COc1ccccc1-c1sc(-c2ccccc2)nc1C. The van der Waals surface area contributed by atoms with Crippen LogP contribution in [0.15, 0.2) is 54.6 Å². The molecule has 0 amide bonds. The number of ether oxygens (including phenoxy) is 1. The van der Waals surface area contributed by atoms with E-state index in [2.05, 4.69) is 18.2 Å². The minimum Gasteiger partial charge on any atom is -0.496 e. The van der Waals surface area contributed by atoms with Gasteiger partial charge in [-0.05, 0) is 19.1 Å². The summed E-state index contributed by atoms with van der Waals surface area (Å²) in [6, 6.07) is 18.3. The van der Waals surface area contributed by atoms with Gasteiger partial charge in [-0.25, -0.2) is 4.98 Å². The fourth-order valence-electron chi connectivity index (χ4n) is 2.18. The van der Waals surface area contributed by atoms with E-state index in [1.54, 1.807) is 18.4 Å². The maximum Gasteiger partial charge on any atom is 0.127 e. The van der Waals surface area contributed by atoms with Crippen LogP contribution in [0.5, 0.6) is 5.75 Å². The molecule has 1 heterocycles. The van der Waals surface area contributed by atoms with Crippen LogP contribution in [-0.4, -0.2) is 12.1 Å². The zero-order chi connectivity index (χ0) is 13.9. The molecular formula is C17H15NOS. The van der Waals surface area contributed by atoms with Crippen LogP contribution in [0.1, 0.15) is 5.69 Å². The van der Waals surface area contributed by atoms with Crippen LogP contribution in [-0.2, 0) is 0 Å². The van der Waals surface area contributed by atoms with E-state index in [1.165, 1.54) is 4.88 Å². The second-order valence-corrected chi connectivity index (χ2v) is 5.50. The Morgan fingerprint density at radius 2 is 1.65 bits per heavy atom. The second kappa shape index (κ2) is 5.47. The number of aryl methyl sites for hydroxylation is 1. The van der Waals surface area contributed by atoms with Crippen molar-refractivity contribution in [3.05, 3.63) is 60.3 Å². The largest absolute Gasteiger partial charge is 0.496 e. The lowest BCUT2D eigenvalue weighted by Gasteiger charge is -2.06. The third kappa shape index (κ3) is 2.32. The van der Waals surface area contributed by atoms with E-state index in [0.717, 1.165) is 27.6 Å². The fourth-order valence-corrected chi connectivity index (χ4v) is 3.28. The van der Waals surface area contributed by atoms with Crippen molar-refractivity contribution in [3.63, 3.8) is 0 Å². The fraction of sp³-hybridized carbons (Fsp3) is 0.118. The number of hydrogen-bond acceptors (Lipinski definition) is 3. The van der Waals surface area contributed by atoms with Crippen LogP contribution in [0.2, 0.25) is 0 Å². The van der Waals surface area contributed by atoms with E-state index in [-0.39, 0.29) is 0 Å². The molecule has 20 heavy (non-hydrogen) atoms. The molecule has 0 saturated heterocycles. The van der Waals surface area contributed by atoms with Gasteiger partial charge in [0, 0.05) is 11.1 Å². The molecule has 0 bridgehead atoms. The van der Waals surface area contributed by atoms with Crippen LogP contribution in [0.25, 0.3) is 21.0 Å². The summed E-state index contributed by atoms with van der Waals surface area (Å²) in [6.07, 6.45) is 0. The average molecular weight is 281 g/mol. The van der Waals surface area contributed by atoms with Crippen LogP contribution < -0.4 is 4.74 Å². The summed E-state index contributed by atoms with van der Waals surface area (Å²) in [5.74, 6) is 0.888. The number of para-hydroxylation sites is 1. The minimum atomic E-state index is 0.888. The Bertz CT molecular complexity index is 719. The molecule has 0 unspecified atom stereocenters. The maximum absolute atomic E-state index is 5.45. The van der Waals surface area contributed by atoms with E-state index in [9.17, 15) is 0 Å². The first-order valence-corrected chi connectivity index (χ1v) is 7.27. The van der Waals surface area contributed by atoms with Gasteiger partial charge in [0.1, 0.15) is 10.8 Å². The first-order chi connectivity index (χ1) is 9.79. The van der Waals surface area contributed by atoms with Gasteiger partial charge in [0.25, 0.3) is 0 Å². The number of hydrogen-bond donors (Lipinski definition) is 0. The Morgan fingerprint density at radius 3 is 2.40 bits per heavy atom. The molecule has 0 spiro atoms. The van der Waals surface area contributed by atoms with Gasteiger partial charge in [0.15, 0.2) is 0 Å². The first kappa shape index (κ1) is 12.9. The van der Waals surface area contributed by atoms with Crippen molar-refractivity contribution in [3.8, 4) is 26.8 Å². The van der Waals surface area contributed by atoms with Crippen LogP contribution in [0.4, 0.5) is 0 Å². The molecule has 0 radical (unpaired) electrons. The lowest BCUT2D eigenvalue weighted by atomic mass is 10.1. The lowest BCUT2D eigenvalue weighted by molar-refractivity contribution is 0.416. The molecule has 3 heteroatoms. The standard InChI is InChI=1S/C17H15NOS/c1-12-16(14-10-6-7-11-15(14)19-2)20-17(18-12)13-8-4-3-5-9-13/h3-11H,1-2H3. The summed E-state index contributed by atoms with van der Waals surface area (Å²) in [7, 11) is 1.70. The quantitative estimate of drug-likeness (QED) is 0.688. The molecular weight excluding hydrogens is 266 g/mol. The molecule has 0 fully saturated rings. The molecule has 0 N–H and O–H groups in total. The van der Waals surface area contributed by atoms with Gasteiger partial charge >= 0.3 is 0 Å². The van der Waals surface area contributed by atoms with Gasteiger partial charge in [0.2, 0.25) is 0 Å². The van der Waals surface area contributed by atoms with Crippen LogP contribution >= 0.6 is 11.3 Å². The molecule has 0 aliphatic carbocycles. The zero-order valence-corrected chi connectivity index (χ0v) is 12.3. The summed E-state index contributed by atoms with van der Waals surface area (Å²) in [4.78, 5) is 5.86. The van der Waals surface area contributed by atoms with Gasteiger partial charge < -0.3 is 4.74 Å². The van der Waals surface area contributed by atoms with Gasteiger partial charge in [-0.3, -0.25) is 0 Å². The molecule has 0 atom stereocenters.